The van der Waals surface area contributed by atoms with Crippen LogP contribution in [0.5, 0.6) is 11.6 Å². The van der Waals surface area contributed by atoms with Crippen molar-refractivity contribution in [1.82, 2.24) is 4.98 Å². The van der Waals surface area contributed by atoms with Crippen LogP contribution in [0.1, 0.15) is 20.3 Å². The van der Waals surface area contributed by atoms with E-state index in [1.165, 1.54) is 18.3 Å². The molecule has 4 nitrogen and oxygen atoms in total. The van der Waals surface area contributed by atoms with E-state index in [9.17, 15) is 13.6 Å². The summed E-state index contributed by atoms with van der Waals surface area (Å²) < 4.78 is 31.2. The molecule has 0 aliphatic heterocycles. The van der Waals surface area contributed by atoms with Gasteiger partial charge in [-0.25, -0.2) is 13.8 Å². The average molecular weight is 306 g/mol. The van der Waals surface area contributed by atoms with Crippen LogP contribution in [0.25, 0.3) is 0 Å². The Labute approximate surface area is 127 Å². The van der Waals surface area contributed by atoms with Gasteiger partial charge in [-0.05, 0) is 24.1 Å². The molecule has 0 fully saturated rings. The van der Waals surface area contributed by atoms with Gasteiger partial charge in [0.2, 0.25) is 11.8 Å². The first-order valence-corrected chi connectivity index (χ1v) is 6.83. The second-order valence-corrected chi connectivity index (χ2v) is 5.21. The zero-order chi connectivity index (χ0) is 16.1. The first kappa shape index (κ1) is 15.9. The summed E-state index contributed by atoms with van der Waals surface area (Å²) in [5, 5.41) is 2.71. The molecule has 0 spiro atoms. The minimum atomic E-state index is -0.991. The lowest BCUT2D eigenvalue weighted by molar-refractivity contribution is -0.116. The number of amides is 1. The van der Waals surface area contributed by atoms with Gasteiger partial charge in [0.15, 0.2) is 11.6 Å². The van der Waals surface area contributed by atoms with Gasteiger partial charge in [-0.3, -0.25) is 4.79 Å². The lowest BCUT2D eigenvalue weighted by Crippen LogP contribution is -2.13. The van der Waals surface area contributed by atoms with E-state index in [1.54, 1.807) is 6.07 Å². The molecule has 2 aromatic rings. The Kier molecular flexibility index (Phi) is 5.04. The summed E-state index contributed by atoms with van der Waals surface area (Å²) in [6.07, 6.45) is 1.86. The summed E-state index contributed by atoms with van der Waals surface area (Å²) in [7, 11) is 0. The molecule has 0 saturated carbocycles. The van der Waals surface area contributed by atoms with Gasteiger partial charge in [0, 0.05) is 18.6 Å². The minimum absolute atomic E-state index is 0.0916. The predicted octanol–water partition coefficient (Wildman–Crippen LogP) is 4.14. The number of hydrogen-bond donors (Lipinski definition) is 1. The van der Waals surface area contributed by atoms with Crippen LogP contribution in [0.4, 0.5) is 14.5 Å². The molecule has 2 rings (SSSR count). The molecule has 1 N–H and O–H groups in total. The lowest BCUT2D eigenvalue weighted by atomic mass is 10.1. The van der Waals surface area contributed by atoms with Crippen LogP contribution in [0.15, 0.2) is 36.5 Å². The van der Waals surface area contributed by atoms with Crippen LogP contribution in [0.2, 0.25) is 0 Å². The number of nitrogens with one attached hydrogen (secondary N) is 1. The maximum absolute atomic E-state index is 13.1. The Hall–Kier alpha value is -2.50. The summed E-state index contributed by atoms with van der Waals surface area (Å²) >= 11 is 0. The molecule has 0 radical (unpaired) electrons. The summed E-state index contributed by atoms with van der Waals surface area (Å²) in [4.78, 5) is 15.6. The van der Waals surface area contributed by atoms with Gasteiger partial charge in [0.1, 0.15) is 5.75 Å². The third-order valence-corrected chi connectivity index (χ3v) is 2.73. The van der Waals surface area contributed by atoms with Crippen LogP contribution >= 0.6 is 0 Å². The third-order valence-electron chi connectivity index (χ3n) is 2.73. The van der Waals surface area contributed by atoms with Crippen molar-refractivity contribution in [2.45, 2.75) is 20.3 Å². The number of hydrogen-bond acceptors (Lipinski definition) is 3. The third kappa shape index (κ3) is 4.51. The molecule has 116 valence electrons. The highest BCUT2D eigenvalue weighted by molar-refractivity contribution is 5.90. The quantitative estimate of drug-likeness (QED) is 0.903. The maximum atomic E-state index is 13.1. The molecule has 1 amide bonds. The molecule has 6 heteroatoms. The standard InChI is InChI=1S/C16H16F2N2O2/c1-10(2)7-15(21)20-11-3-6-16(19-9-11)22-12-4-5-13(17)14(18)8-12/h3-6,8-10H,7H2,1-2H3,(H,20,21). The molecule has 22 heavy (non-hydrogen) atoms. The molecular formula is C16H16F2N2O2. The Morgan fingerprint density at radius 3 is 2.59 bits per heavy atom. The molecular weight excluding hydrogens is 290 g/mol. The average Bonchev–Trinajstić information content (AvgIpc) is 2.44. The van der Waals surface area contributed by atoms with E-state index in [2.05, 4.69) is 10.3 Å². The second-order valence-electron chi connectivity index (χ2n) is 5.21. The van der Waals surface area contributed by atoms with Gasteiger partial charge in [-0.15, -0.1) is 0 Å². The number of aromatic nitrogens is 1. The number of halogens is 2. The van der Waals surface area contributed by atoms with Gasteiger partial charge < -0.3 is 10.1 Å². The van der Waals surface area contributed by atoms with Gasteiger partial charge in [0.25, 0.3) is 0 Å². The summed E-state index contributed by atoms with van der Waals surface area (Å²) in [6, 6.07) is 6.38. The summed E-state index contributed by atoms with van der Waals surface area (Å²) in [5.74, 6) is -1.40. The highest BCUT2D eigenvalue weighted by Gasteiger charge is 2.07. The number of carbonyl (C=O) groups excluding carboxylic acids is 1. The van der Waals surface area contributed by atoms with E-state index < -0.39 is 11.6 Å². The van der Waals surface area contributed by atoms with Crippen molar-refractivity contribution in [2.75, 3.05) is 5.32 Å². The molecule has 0 atom stereocenters. The van der Waals surface area contributed by atoms with E-state index in [4.69, 9.17) is 4.74 Å². The lowest BCUT2D eigenvalue weighted by Gasteiger charge is -2.08. The second kappa shape index (κ2) is 6.98. The predicted molar refractivity (Wildman–Crippen MR) is 78.8 cm³/mol. The van der Waals surface area contributed by atoms with E-state index >= 15 is 0 Å². The van der Waals surface area contributed by atoms with E-state index in [0.717, 1.165) is 12.1 Å². The number of nitrogens with zero attached hydrogens (tertiary/aromatic N) is 1. The Morgan fingerprint density at radius 2 is 2.00 bits per heavy atom. The number of carbonyl (C=O) groups is 1. The van der Waals surface area contributed by atoms with E-state index in [1.807, 2.05) is 13.8 Å². The van der Waals surface area contributed by atoms with Crippen molar-refractivity contribution in [3.05, 3.63) is 48.2 Å². The first-order chi connectivity index (χ1) is 10.4. The number of anilines is 1. The van der Waals surface area contributed by atoms with Crippen molar-refractivity contribution in [3.8, 4) is 11.6 Å². The normalized spacial score (nSPS) is 10.6. The largest absolute Gasteiger partial charge is 0.439 e. The van der Waals surface area contributed by atoms with Gasteiger partial charge in [0.05, 0.1) is 11.9 Å². The van der Waals surface area contributed by atoms with Crippen LogP contribution in [-0.4, -0.2) is 10.9 Å². The van der Waals surface area contributed by atoms with Crippen LogP contribution in [0.3, 0.4) is 0 Å². The molecule has 0 aliphatic rings. The highest BCUT2D eigenvalue weighted by atomic mass is 19.2. The zero-order valence-electron chi connectivity index (χ0n) is 12.3. The van der Waals surface area contributed by atoms with Gasteiger partial charge >= 0.3 is 0 Å². The monoisotopic (exact) mass is 306 g/mol. The fraction of sp³-hybridized carbons (Fsp3) is 0.250. The van der Waals surface area contributed by atoms with E-state index in [-0.39, 0.29) is 23.5 Å². The van der Waals surface area contributed by atoms with Crippen LogP contribution < -0.4 is 10.1 Å². The molecule has 1 aromatic heterocycles. The molecule has 0 saturated heterocycles. The fourth-order valence-corrected chi connectivity index (χ4v) is 1.76. The number of benzene rings is 1. The summed E-state index contributed by atoms with van der Waals surface area (Å²) in [6.45, 7) is 3.91. The summed E-state index contributed by atoms with van der Waals surface area (Å²) in [5.41, 5.74) is 0.545. The number of pyridine rings is 1. The zero-order valence-corrected chi connectivity index (χ0v) is 12.3. The smallest absolute Gasteiger partial charge is 0.224 e. The van der Waals surface area contributed by atoms with Gasteiger partial charge in [-0.1, -0.05) is 13.8 Å². The Morgan fingerprint density at radius 1 is 1.23 bits per heavy atom. The number of ether oxygens (including phenoxy) is 1. The molecule has 0 aliphatic carbocycles. The molecule has 0 bridgehead atoms. The van der Waals surface area contributed by atoms with Crippen molar-refractivity contribution >= 4 is 11.6 Å². The van der Waals surface area contributed by atoms with Crippen molar-refractivity contribution in [2.24, 2.45) is 5.92 Å². The number of rotatable bonds is 5. The van der Waals surface area contributed by atoms with Crippen molar-refractivity contribution < 1.29 is 18.3 Å². The highest BCUT2D eigenvalue weighted by Crippen LogP contribution is 2.22. The minimum Gasteiger partial charge on any atom is -0.439 e. The molecule has 0 unspecified atom stereocenters. The maximum Gasteiger partial charge on any atom is 0.224 e. The topological polar surface area (TPSA) is 51.2 Å². The Balaban J connectivity index is 1.99. The SMILES string of the molecule is CC(C)CC(=O)Nc1ccc(Oc2ccc(F)c(F)c2)nc1. The van der Waals surface area contributed by atoms with Crippen LogP contribution in [0, 0.1) is 17.6 Å². The first-order valence-electron chi connectivity index (χ1n) is 6.83. The molecule has 1 heterocycles. The van der Waals surface area contributed by atoms with Crippen molar-refractivity contribution in [3.63, 3.8) is 0 Å². The van der Waals surface area contributed by atoms with E-state index in [0.29, 0.717) is 12.1 Å². The molecule has 1 aromatic carbocycles. The fourth-order valence-electron chi connectivity index (χ4n) is 1.76. The van der Waals surface area contributed by atoms with Gasteiger partial charge in [-0.2, -0.15) is 0 Å². The Bertz CT molecular complexity index is 658. The van der Waals surface area contributed by atoms with Crippen LogP contribution in [-0.2, 0) is 4.79 Å². The van der Waals surface area contributed by atoms with Crippen molar-refractivity contribution in [1.29, 1.82) is 0 Å².